The van der Waals surface area contributed by atoms with E-state index in [2.05, 4.69) is 5.73 Å². The second kappa shape index (κ2) is 25.2. The molecule has 0 saturated heterocycles. The number of carboxylic acids is 1. The van der Waals surface area contributed by atoms with Gasteiger partial charge in [0.2, 0.25) is 0 Å². The summed E-state index contributed by atoms with van der Waals surface area (Å²) in [5.41, 5.74) is 4.50. The van der Waals surface area contributed by atoms with Gasteiger partial charge in [-0.2, -0.15) is 0 Å². The number of halogens is 1. The predicted molar refractivity (Wildman–Crippen MR) is 37.8 cm³/mol. The maximum atomic E-state index is 9.00. The number of rotatable bonds is 0. The van der Waals surface area contributed by atoms with Gasteiger partial charge < -0.3 is 10.8 Å². The van der Waals surface area contributed by atoms with Crippen LogP contribution in [0.15, 0.2) is 0 Å². The van der Waals surface area contributed by atoms with Crippen molar-refractivity contribution in [3.8, 4) is 0 Å². The van der Waals surface area contributed by atoms with E-state index in [1.807, 2.05) is 0 Å². The molecule has 0 spiro atoms. The Kier molecular flexibility index (Phi) is 73.5. The molecule has 0 radical (unpaired) electrons. The third kappa shape index (κ3) is 424. The van der Waals surface area contributed by atoms with Crippen molar-refractivity contribution in [3.05, 3.63) is 0 Å². The first kappa shape index (κ1) is 23.3. The molecule has 48 valence electrons. The fourth-order valence-electron chi connectivity index (χ4n) is 0. The number of nitrogens with two attached hydrogens (primary N) is 1. The van der Waals surface area contributed by atoms with Crippen LogP contribution in [0.25, 0.3) is 0 Å². The molecule has 0 aromatic rings. The van der Waals surface area contributed by atoms with E-state index in [1.54, 1.807) is 0 Å². The molecule has 0 heterocycles. The first-order chi connectivity index (χ1) is 2.73. The van der Waals surface area contributed by atoms with Crippen molar-refractivity contribution in [1.82, 2.24) is 0 Å². The van der Waals surface area contributed by atoms with Crippen LogP contribution in [-0.2, 0) is 4.79 Å². The Morgan fingerprint density at radius 3 is 1.50 bits per heavy atom. The number of hydrogen-bond donors (Lipinski definition) is 2. The van der Waals surface area contributed by atoms with E-state index >= 15 is 0 Å². The average Bonchev–Trinajstić information content (AvgIpc) is 1.41. The van der Waals surface area contributed by atoms with Crippen molar-refractivity contribution in [1.29, 1.82) is 0 Å². The molecule has 0 aromatic carbocycles. The number of carboxylic acid groups (broad SMARTS) is 1. The molecule has 0 rings (SSSR count). The van der Waals surface area contributed by atoms with Gasteiger partial charge in [-0.15, -0.1) is 12.4 Å². The molecule has 3 nitrogen and oxygen atoms in total. The van der Waals surface area contributed by atoms with Gasteiger partial charge in [0, 0.05) is 6.92 Å². The van der Waals surface area contributed by atoms with Crippen LogP contribution in [0.5, 0.6) is 0 Å². The zero-order valence-electron chi connectivity index (χ0n) is 4.34. The molecule has 0 bridgehead atoms. The first-order valence-electron chi connectivity index (χ1n) is 1.51. The van der Waals surface area contributed by atoms with Gasteiger partial charge in [0.1, 0.15) is 0 Å². The summed E-state index contributed by atoms with van der Waals surface area (Å²) in [4.78, 5) is 9.00. The quantitative estimate of drug-likeness (QED) is 0.456. The minimum absolute atomic E-state index is 0. The van der Waals surface area contributed by atoms with E-state index in [-0.39, 0.29) is 42.0 Å². The van der Waals surface area contributed by atoms with Gasteiger partial charge in [-0.3, -0.25) is 4.79 Å². The van der Waals surface area contributed by atoms with Gasteiger partial charge in [-0.25, -0.2) is 0 Å². The Bertz CT molecular complexity index is 40.3. The average molecular weight is 152 g/mol. The third-order valence-electron chi connectivity index (χ3n) is 0. The molecule has 0 aromatic heterocycles. The van der Waals surface area contributed by atoms with Crippen LogP contribution in [0.3, 0.4) is 0 Å². The van der Waals surface area contributed by atoms with E-state index in [9.17, 15) is 0 Å². The van der Waals surface area contributed by atoms with Gasteiger partial charge in [0.05, 0.1) is 0 Å². The van der Waals surface area contributed by atoms with Crippen molar-refractivity contribution in [2.75, 3.05) is 7.05 Å². The topological polar surface area (TPSA) is 63.3 Å². The summed E-state index contributed by atoms with van der Waals surface area (Å²) in [5.74, 6) is -0.833. The zero-order chi connectivity index (χ0) is 5.58. The Morgan fingerprint density at radius 1 is 1.50 bits per heavy atom. The van der Waals surface area contributed by atoms with Gasteiger partial charge in [-0.1, -0.05) is 0 Å². The molecule has 3 N–H and O–H groups in total. The van der Waals surface area contributed by atoms with Gasteiger partial charge in [-0.05, 0) is 7.05 Å². The zero-order valence-corrected chi connectivity index (χ0v) is 5.16. The van der Waals surface area contributed by atoms with Crippen LogP contribution >= 0.6 is 12.4 Å². The van der Waals surface area contributed by atoms with Crippen LogP contribution in [0.1, 0.15) is 6.92 Å². The fourth-order valence-corrected chi connectivity index (χ4v) is 0. The van der Waals surface area contributed by atoms with Gasteiger partial charge in [0.25, 0.3) is 5.97 Å². The summed E-state index contributed by atoms with van der Waals surface area (Å²) in [7, 11) is 1.50. The minimum atomic E-state index is -0.833. The van der Waals surface area contributed by atoms with Crippen molar-refractivity contribution < 1.29 is 9.90 Å². The van der Waals surface area contributed by atoms with Gasteiger partial charge in [0.15, 0.2) is 0 Å². The van der Waals surface area contributed by atoms with Crippen LogP contribution in [0.2, 0.25) is 0 Å². The number of carbonyl (C=O) groups is 1. The standard InChI is InChI=1S/C2H4O2.CH5N.ClH.Na.H/c1-2(3)4;1-2;;;/h1H3,(H,3,4);2H2,1H3;1H;;. The van der Waals surface area contributed by atoms with E-state index in [0.29, 0.717) is 0 Å². The van der Waals surface area contributed by atoms with Crippen molar-refractivity contribution in [2.24, 2.45) is 5.73 Å². The Hall–Kier alpha value is 0.720. The summed E-state index contributed by atoms with van der Waals surface area (Å²) in [6.45, 7) is 1.08. The Labute approximate surface area is 77.3 Å². The Morgan fingerprint density at radius 2 is 1.50 bits per heavy atom. The molecule has 8 heavy (non-hydrogen) atoms. The predicted octanol–water partition coefficient (Wildman–Crippen LogP) is -0.561. The van der Waals surface area contributed by atoms with E-state index in [4.69, 9.17) is 9.90 Å². The summed E-state index contributed by atoms with van der Waals surface area (Å²) >= 11 is 0. The normalized spacial score (nSPS) is 3.88. The SMILES string of the molecule is CC(=O)O.CN.Cl.[NaH]. The Balaban J connectivity index is -0.0000000183. The first-order valence-corrected chi connectivity index (χ1v) is 1.51. The molecule has 0 fully saturated rings. The maximum absolute atomic E-state index is 9.00. The second-order valence-electron chi connectivity index (χ2n) is 0.519. The number of aliphatic carboxylic acids is 1. The van der Waals surface area contributed by atoms with E-state index in [0.717, 1.165) is 6.92 Å². The van der Waals surface area contributed by atoms with Crippen LogP contribution in [-0.4, -0.2) is 47.7 Å². The van der Waals surface area contributed by atoms with E-state index in [1.165, 1.54) is 7.05 Å². The summed E-state index contributed by atoms with van der Waals surface area (Å²) in [6.07, 6.45) is 0. The molecule has 0 amide bonds. The van der Waals surface area contributed by atoms with Crippen molar-refractivity contribution in [2.45, 2.75) is 6.92 Å². The third-order valence-corrected chi connectivity index (χ3v) is 0. The molecule has 0 aliphatic carbocycles. The van der Waals surface area contributed by atoms with Crippen LogP contribution in [0.4, 0.5) is 0 Å². The molecule has 0 atom stereocenters. The van der Waals surface area contributed by atoms with E-state index < -0.39 is 5.97 Å². The van der Waals surface area contributed by atoms with Crippen LogP contribution in [0, 0.1) is 0 Å². The summed E-state index contributed by atoms with van der Waals surface area (Å²) < 4.78 is 0. The summed E-state index contributed by atoms with van der Waals surface area (Å²) in [5, 5.41) is 7.42. The molecule has 0 aliphatic rings. The molecule has 5 heteroatoms. The molecule has 0 unspecified atom stereocenters. The van der Waals surface area contributed by atoms with Crippen molar-refractivity contribution in [3.63, 3.8) is 0 Å². The fraction of sp³-hybridized carbons (Fsp3) is 0.667. The second-order valence-corrected chi connectivity index (χ2v) is 0.519. The van der Waals surface area contributed by atoms with Crippen molar-refractivity contribution >= 4 is 47.9 Å². The summed E-state index contributed by atoms with van der Waals surface area (Å²) in [6, 6.07) is 0. The monoisotopic (exact) mass is 151 g/mol. The molecule has 0 saturated carbocycles. The molecular formula is C3H11ClNNaO2. The van der Waals surface area contributed by atoms with Crippen LogP contribution < -0.4 is 5.73 Å². The molecule has 0 aliphatic heterocycles. The molecular weight excluding hydrogens is 140 g/mol. The number of hydrogen-bond acceptors (Lipinski definition) is 2. The van der Waals surface area contributed by atoms with Gasteiger partial charge >= 0.3 is 29.6 Å².